The first-order valence-electron chi connectivity index (χ1n) is 7.37. The van der Waals surface area contributed by atoms with Crippen LogP contribution in [0.4, 0.5) is 20.9 Å². The highest BCUT2D eigenvalue weighted by atomic mass is 32.2. The predicted octanol–water partition coefficient (Wildman–Crippen LogP) is 4.37. The fourth-order valence-corrected chi connectivity index (χ4v) is 3.53. The third kappa shape index (κ3) is 4.55. The third-order valence-corrected chi connectivity index (χ3v) is 4.72. The first-order valence-corrected chi connectivity index (χ1v) is 10.1. The molecule has 1 aromatic heterocycles. The maximum absolute atomic E-state index is 13.8. The molecule has 1 heterocycles. The largest absolute Gasteiger partial charge is 0.329 e. The van der Waals surface area contributed by atoms with Gasteiger partial charge >= 0.3 is 0 Å². The minimum atomic E-state index is -3.30. The van der Waals surface area contributed by atoms with Gasteiger partial charge in [0.15, 0.2) is 5.13 Å². The number of sulfonamides is 1. The maximum atomic E-state index is 13.8. The molecule has 0 aliphatic rings. The SMILES string of the molecule is Cc1ccc(F)c(Nc2nc(-c3ccc(NS(C)(=O)=O)cc3)cs2)c1. The summed E-state index contributed by atoms with van der Waals surface area (Å²) in [5, 5.41) is 5.42. The standard InChI is InChI=1S/C17H16FN3O2S2/c1-11-3-8-14(18)15(9-11)19-17-20-16(10-24-17)12-4-6-13(7-5-12)21-25(2,22)23/h3-10,21H,1-2H3,(H,19,20). The van der Waals surface area contributed by atoms with Gasteiger partial charge < -0.3 is 5.32 Å². The summed E-state index contributed by atoms with van der Waals surface area (Å²) < 4.78 is 38.7. The van der Waals surface area contributed by atoms with Gasteiger partial charge in [0, 0.05) is 16.6 Å². The van der Waals surface area contributed by atoms with E-state index in [1.54, 1.807) is 36.4 Å². The molecule has 0 unspecified atom stereocenters. The van der Waals surface area contributed by atoms with E-state index in [1.165, 1.54) is 17.4 Å². The van der Waals surface area contributed by atoms with Gasteiger partial charge in [-0.2, -0.15) is 0 Å². The van der Waals surface area contributed by atoms with E-state index in [9.17, 15) is 12.8 Å². The minimum Gasteiger partial charge on any atom is -0.329 e. The number of thiazole rings is 1. The Morgan fingerprint density at radius 1 is 1.12 bits per heavy atom. The number of aryl methyl sites for hydroxylation is 1. The monoisotopic (exact) mass is 377 g/mol. The van der Waals surface area contributed by atoms with Crippen molar-refractivity contribution in [2.45, 2.75) is 6.92 Å². The van der Waals surface area contributed by atoms with Gasteiger partial charge in [-0.25, -0.2) is 17.8 Å². The Bertz CT molecular complexity index is 999. The lowest BCUT2D eigenvalue weighted by atomic mass is 10.1. The number of benzene rings is 2. The summed E-state index contributed by atoms with van der Waals surface area (Å²) in [5.74, 6) is -0.335. The van der Waals surface area contributed by atoms with Crippen LogP contribution in [0.15, 0.2) is 47.8 Å². The summed E-state index contributed by atoms with van der Waals surface area (Å²) in [6.07, 6.45) is 1.10. The molecule has 25 heavy (non-hydrogen) atoms. The van der Waals surface area contributed by atoms with Gasteiger partial charge in [-0.3, -0.25) is 4.72 Å². The zero-order valence-electron chi connectivity index (χ0n) is 13.6. The van der Waals surface area contributed by atoms with E-state index in [4.69, 9.17) is 0 Å². The van der Waals surface area contributed by atoms with E-state index < -0.39 is 10.0 Å². The molecule has 3 aromatic rings. The molecular weight excluding hydrogens is 361 g/mol. The maximum Gasteiger partial charge on any atom is 0.229 e. The van der Waals surface area contributed by atoms with E-state index >= 15 is 0 Å². The smallest absolute Gasteiger partial charge is 0.229 e. The first kappa shape index (κ1) is 17.4. The topological polar surface area (TPSA) is 71.1 Å². The number of hydrogen-bond acceptors (Lipinski definition) is 5. The highest BCUT2D eigenvalue weighted by Gasteiger charge is 2.08. The van der Waals surface area contributed by atoms with Crippen molar-refractivity contribution in [3.8, 4) is 11.3 Å². The summed E-state index contributed by atoms with van der Waals surface area (Å²) in [5.41, 5.74) is 3.39. The second-order valence-electron chi connectivity index (χ2n) is 5.60. The van der Waals surface area contributed by atoms with Gasteiger partial charge in [0.05, 0.1) is 17.6 Å². The molecule has 0 saturated carbocycles. The molecule has 0 amide bonds. The zero-order valence-corrected chi connectivity index (χ0v) is 15.2. The first-order chi connectivity index (χ1) is 11.8. The Balaban J connectivity index is 1.78. The van der Waals surface area contributed by atoms with Crippen molar-refractivity contribution in [3.05, 3.63) is 59.2 Å². The van der Waals surface area contributed by atoms with E-state index in [0.717, 1.165) is 23.1 Å². The summed E-state index contributed by atoms with van der Waals surface area (Å²) >= 11 is 1.37. The van der Waals surface area contributed by atoms with Gasteiger partial charge in [0.25, 0.3) is 0 Å². The highest BCUT2D eigenvalue weighted by molar-refractivity contribution is 7.92. The lowest BCUT2D eigenvalue weighted by molar-refractivity contribution is 0.607. The molecule has 3 rings (SSSR count). The molecule has 0 radical (unpaired) electrons. The summed E-state index contributed by atoms with van der Waals surface area (Å²) in [4.78, 5) is 4.45. The second kappa shape index (κ2) is 6.81. The Morgan fingerprint density at radius 2 is 1.84 bits per heavy atom. The van der Waals surface area contributed by atoms with Crippen molar-refractivity contribution in [1.82, 2.24) is 4.98 Å². The summed E-state index contributed by atoms with van der Waals surface area (Å²) in [6.45, 7) is 1.89. The van der Waals surface area contributed by atoms with Crippen LogP contribution in [-0.4, -0.2) is 19.7 Å². The van der Waals surface area contributed by atoms with Crippen molar-refractivity contribution in [2.24, 2.45) is 0 Å². The Morgan fingerprint density at radius 3 is 2.52 bits per heavy atom. The fraction of sp³-hybridized carbons (Fsp3) is 0.118. The molecule has 0 atom stereocenters. The Labute approximate surface area is 149 Å². The van der Waals surface area contributed by atoms with Crippen LogP contribution in [-0.2, 0) is 10.0 Å². The molecule has 5 nitrogen and oxygen atoms in total. The van der Waals surface area contributed by atoms with Crippen LogP contribution in [0, 0.1) is 12.7 Å². The van der Waals surface area contributed by atoms with Crippen LogP contribution in [0.5, 0.6) is 0 Å². The number of anilines is 3. The van der Waals surface area contributed by atoms with Crippen molar-refractivity contribution >= 4 is 37.9 Å². The lowest BCUT2D eigenvalue weighted by Gasteiger charge is -2.05. The van der Waals surface area contributed by atoms with E-state index in [0.29, 0.717) is 16.5 Å². The molecule has 130 valence electrons. The zero-order chi connectivity index (χ0) is 18.0. The Kier molecular flexibility index (Phi) is 4.73. The molecule has 2 N–H and O–H groups in total. The lowest BCUT2D eigenvalue weighted by Crippen LogP contribution is -2.09. The van der Waals surface area contributed by atoms with E-state index in [-0.39, 0.29) is 5.82 Å². The summed E-state index contributed by atoms with van der Waals surface area (Å²) in [7, 11) is -3.30. The number of nitrogens with zero attached hydrogens (tertiary/aromatic N) is 1. The number of halogens is 1. The molecule has 0 saturated heterocycles. The molecule has 0 bridgehead atoms. The minimum absolute atomic E-state index is 0.335. The third-order valence-electron chi connectivity index (χ3n) is 3.35. The highest BCUT2D eigenvalue weighted by Crippen LogP contribution is 2.29. The van der Waals surface area contributed by atoms with Gasteiger partial charge in [0.1, 0.15) is 5.82 Å². The molecule has 0 aliphatic heterocycles. The quantitative estimate of drug-likeness (QED) is 0.692. The number of aromatic nitrogens is 1. The molecule has 2 aromatic carbocycles. The fourth-order valence-electron chi connectivity index (χ4n) is 2.24. The van der Waals surface area contributed by atoms with Crippen LogP contribution in [0.1, 0.15) is 5.56 Å². The van der Waals surface area contributed by atoms with Crippen molar-refractivity contribution < 1.29 is 12.8 Å². The van der Waals surface area contributed by atoms with Crippen LogP contribution < -0.4 is 10.0 Å². The van der Waals surface area contributed by atoms with Gasteiger partial charge in [-0.1, -0.05) is 18.2 Å². The molecule has 0 aliphatic carbocycles. The normalized spacial score (nSPS) is 11.3. The van der Waals surface area contributed by atoms with Crippen LogP contribution >= 0.6 is 11.3 Å². The van der Waals surface area contributed by atoms with Crippen LogP contribution in [0.25, 0.3) is 11.3 Å². The molecular formula is C17H16FN3O2S2. The number of hydrogen-bond donors (Lipinski definition) is 2. The van der Waals surface area contributed by atoms with Crippen molar-refractivity contribution in [3.63, 3.8) is 0 Å². The number of rotatable bonds is 5. The van der Waals surface area contributed by atoms with E-state index in [1.807, 2.05) is 12.3 Å². The number of nitrogens with one attached hydrogen (secondary N) is 2. The average Bonchev–Trinajstić information content (AvgIpc) is 2.99. The van der Waals surface area contributed by atoms with Crippen molar-refractivity contribution in [2.75, 3.05) is 16.3 Å². The predicted molar refractivity (Wildman–Crippen MR) is 100 cm³/mol. The van der Waals surface area contributed by atoms with E-state index in [2.05, 4.69) is 15.0 Å². The van der Waals surface area contributed by atoms with Crippen molar-refractivity contribution in [1.29, 1.82) is 0 Å². The van der Waals surface area contributed by atoms with Gasteiger partial charge in [-0.05, 0) is 36.8 Å². The second-order valence-corrected chi connectivity index (χ2v) is 8.20. The Hall–Kier alpha value is -2.45. The average molecular weight is 377 g/mol. The van der Waals surface area contributed by atoms with Gasteiger partial charge in [0.2, 0.25) is 10.0 Å². The molecule has 8 heteroatoms. The van der Waals surface area contributed by atoms with Crippen LogP contribution in [0.2, 0.25) is 0 Å². The molecule has 0 fully saturated rings. The molecule has 0 spiro atoms. The van der Waals surface area contributed by atoms with Crippen LogP contribution in [0.3, 0.4) is 0 Å². The van der Waals surface area contributed by atoms with Gasteiger partial charge in [-0.15, -0.1) is 11.3 Å². The summed E-state index contributed by atoms with van der Waals surface area (Å²) in [6, 6.07) is 11.7.